The molecule has 2 amide bonds. The van der Waals surface area contributed by atoms with Crippen LogP contribution in [0.2, 0.25) is 0 Å². The van der Waals surface area contributed by atoms with Gasteiger partial charge < -0.3 is 20.1 Å². The van der Waals surface area contributed by atoms with Gasteiger partial charge in [0.2, 0.25) is 0 Å². The van der Waals surface area contributed by atoms with Crippen molar-refractivity contribution in [1.29, 1.82) is 0 Å². The number of benzene rings is 1. The molecule has 0 aliphatic rings. The fourth-order valence-corrected chi connectivity index (χ4v) is 2.74. The molecule has 0 aliphatic heterocycles. The lowest BCUT2D eigenvalue weighted by Gasteiger charge is -2.13. The van der Waals surface area contributed by atoms with E-state index >= 15 is 0 Å². The quantitative estimate of drug-likeness (QED) is 0.887. The molecule has 0 saturated carbocycles. The second kappa shape index (κ2) is 6.95. The van der Waals surface area contributed by atoms with Gasteiger partial charge in [0.1, 0.15) is 22.1 Å². The first-order chi connectivity index (χ1) is 10.6. The average Bonchev–Trinajstić information content (AvgIpc) is 3.01. The van der Waals surface area contributed by atoms with Crippen molar-refractivity contribution in [3.8, 4) is 11.5 Å². The van der Waals surface area contributed by atoms with Crippen LogP contribution in [0.15, 0.2) is 29.6 Å². The molecule has 0 unspecified atom stereocenters. The summed E-state index contributed by atoms with van der Waals surface area (Å²) in [4.78, 5) is 24.3. The van der Waals surface area contributed by atoms with Gasteiger partial charge in [-0.05, 0) is 23.6 Å². The largest absolute Gasteiger partial charge is 0.496 e. The van der Waals surface area contributed by atoms with Gasteiger partial charge in [-0.1, -0.05) is 6.07 Å². The number of carbonyl (C=O) groups is 2. The van der Waals surface area contributed by atoms with Crippen molar-refractivity contribution in [2.75, 3.05) is 26.6 Å². The third kappa shape index (κ3) is 3.04. The number of rotatable bonds is 5. The van der Waals surface area contributed by atoms with E-state index in [9.17, 15) is 9.59 Å². The lowest BCUT2D eigenvalue weighted by molar-refractivity contribution is 0.0964. The highest BCUT2D eigenvalue weighted by molar-refractivity contribution is 7.14. The molecule has 0 atom stereocenters. The minimum absolute atomic E-state index is 0.261. The summed E-state index contributed by atoms with van der Waals surface area (Å²) in [6, 6.07) is 6.73. The Balaban J connectivity index is 2.34. The Morgan fingerprint density at radius 2 is 1.68 bits per heavy atom. The fourth-order valence-electron chi connectivity index (χ4n) is 1.96. The third-order valence-electron chi connectivity index (χ3n) is 3.02. The van der Waals surface area contributed by atoms with Crippen LogP contribution in [0, 0.1) is 0 Å². The molecule has 2 N–H and O–H groups in total. The highest BCUT2D eigenvalue weighted by Gasteiger charge is 2.21. The zero-order valence-corrected chi connectivity index (χ0v) is 13.2. The molecule has 6 nitrogen and oxygen atoms in total. The van der Waals surface area contributed by atoms with Crippen LogP contribution in [0.4, 0.5) is 5.00 Å². The zero-order valence-electron chi connectivity index (χ0n) is 12.4. The van der Waals surface area contributed by atoms with E-state index in [0.29, 0.717) is 22.1 Å². The maximum Gasteiger partial charge on any atom is 0.263 e. The second-order valence-electron chi connectivity index (χ2n) is 4.23. The van der Waals surface area contributed by atoms with Gasteiger partial charge in [-0.15, -0.1) is 11.3 Å². The minimum atomic E-state index is -0.401. The van der Waals surface area contributed by atoms with Gasteiger partial charge in [0, 0.05) is 7.05 Å². The summed E-state index contributed by atoms with van der Waals surface area (Å²) in [5.41, 5.74) is 0.693. The van der Waals surface area contributed by atoms with E-state index in [-0.39, 0.29) is 11.5 Å². The Bertz CT molecular complexity index is 674. The molecule has 22 heavy (non-hydrogen) atoms. The summed E-state index contributed by atoms with van der Waals surface area (Å²) >= 11 is 1.27. The van der Waals surface area contributed by atoms with Crippen LogP contribution in [-0.4, -0.2) is 33.1 Å². The zero-order chi connectivity index (χ0) is 16.1. The summed E-state index contributed by atoms with van der Waals surface area (Å²) in [5.74, 6) is 0.134. The number of nitrogens with one attached hydrogen (secondary N) is 2. The van der Waals surface area contributed by atoms with Crippen molar-refractivity contribution in [2.45, 2.75) is 0 Å². The number of amides is 2. The Morgan fingerprint density at radius 1 is 1.05 bits per heavy atom. The van der Waals surface area contributed by atoms with Crippen molar-refractivity contribution < 1.29 is 19.1 Å². The number of methoxy groups -OCH3 is 2. The van der Waals surface area contributed by atoms with Gasteiger partial charge in [-0.3, -0.25) is 9.59 Å². The summed E-state index contributed by atoms with van der Waals surface area (Å²) < 4.78 is 10.4. The van der Waals surface area contributed by atoms with E-state index < -0.39 is 5.91 Å². The third-order valence-corrected chi connectivity index (χ3v) is 3.85. The standard InChI is InChI=1S/C15H16N2O4S/c1-16-13(18)9-7-8-22-15(9)17-14(19)12-10(20-2)5-4-6-11(12)21-3/h4-8H,1-3H3,(H,16,18)(H,17,19). The SMILES string of the molecule is CNC(=O)c1ccsc1NC(=O)c1c(OC)cccc1OC. The summed E-state index contributed by atoms with van der Waals surface area (Å²) in [6.07, 6.45) is 0. The molecule has 0 fully saturated rings. The maximum atomic E-state index is 12.5. The van der Waals surface area contributed by atoms with E-state index in [4.69, 9.17) is 9.47 Å². The van der Waals surface area contributed by atoms with Gasteiger partial charge in [0.05, 0.1) is 19.8 Å². The Hall–Kier alpha value is -2.54. The molecule has 1 aromatic carbocycles. The first-order valence-corrected chi connectivity index (χ1v) is 7.32. The van der Waals surface area contributed by atoms with E-state index in [1.165, 1.54) is 32.6 Å². The summed E-state index contributed by atoms with van der Waals surface area (Å²) in [5, 5.41) is 7.47. The van der Waals surface area contributed by atoms with Crippen molar-refractivity contribution in [3.05, 3.63) is 40.8 Å². The lowest BCUT2D eigenvalue weighted by Crippen LogP contribution is -2.20. The molecule has 1 heterocycles. The van der Waals surface area contributed by atoms with Gasteiger partial charge >= 0.3 is 0 Å². The highest BCUT2D eigenvalue weighted by Crippen LogP contribution is 2.30. The van der Waals surface area contributed by atoms with E-state index in [0.717, 1.165) is 0 Å². The van der Waals surface area contributed by atoms with Crippen LogP contribution < -0.4 is 20.1 Å². The highest BCUT2D eigenvalue weighted by atomic mass is 32.1. The molecule has 0 bridgehead atoms. The normalized spacial score (nSPS) is 9.95. The van der Waals surface area contributed by atoms with Crippen molar-refractivity contribution >= 4 is 28.2 Å². The van der Waals surface area contributed by atoms with Crippen LogP contribution in [0.5, 0.6) is 11.5 Å². The van der Waals surface area contributed by atoms with Crippen molar-refractivity contribution in [2.24, 2.45) is 0 Å². The molecular weight excluding hydrogens is 304 g/mol. The smallest absolute Gasteiger partial charge is 0.263 e. The number of carbonyl (C=O) groups excluding carboxylic acids is 2. The first-order valence-electron chi connectivity index (χ1n) is 6.44. The number of ether oxygens (including phenoxy) is 2. The monoisotopic (exact) mass is 320 g/mol. The maximum absolute atomic E-state index is 12.5. The topological polar surface area (TPSA) is 76.7 Å². The van der Waals surface area contributed by atoms with Crippen molar-refractivity contribution in [1.82, 2.24) is 5.32 Å². The van der Waals surface area contributed by atoms with E-state index in [2.05, 4.69) is 10.6 Å². The molecule has 1 aromatic heterocycles. The molecule has 0 saturated heterocycles. The van der Waals surface area contributed by atoms with Crippen LogP contribution in [-0.2, 0) is 0 Å². The predicted molar refractivity (Wildman–Crippen MR) is 85.2 cm³/mol. The van der Waals surface area contributed by atoms with Crippen LogP contribution >= 0.6 is 11.3 Å². The van der Waals surface area contributed by atoms with Crippen LogP contribution in [0.25, 0.3) is 0 Å². The van der Waals surface area contributed by atoms with E-state index in [1.807, 2.05) is 0 Å². The Labute approximate surface area is 132 Å². The fraction of sp³-hybridized carbons (Fsp3) is 0.200. The van der Waals surface area contributed by atoms with E-state index in [1.54, 1.807) is 29.6 Å². The molecule has 116 valence electrons. The number of hydrogen-bond donors (Lipinski definition) is 2. The summed E-state index contributed by atoms with van der Waals surface area (Å²) in [6.45, 7) is 0. The predicted octanol–water partition coefficient (Wildman–Crippen LogP) is 2.38. The minimum Gasteiger partial charge on any atom is -0.496 e. The van der Waals surface area contributed by atoms with Crippen LogP contribution in [0.1, 0.15) is 20.7 Å². The van der Waals surface area contributed by atoms with Gasteiger partial charge in [0.15, 0.2) is 0 Å². The molecule has 0 radical (unpaired) electrons. The number of thiophene rings is 1. The summed E-state index contributed by atoms with van der Waals surface area (Å²) in [7, 11) is 4.49. The molecule has 7 heteroatoms. The molecule has 2 rings (SSSR count). The second-order valence-corrected chi connectivity index (χ2v) is 5.15. The van der Waals surface area contributed by atoms with Crippen molar-refractivity contribution in [3.63, 3.8) is 0 Å². The van der Waals surface area contributed by atoms with Gasteiger partial charge in [-0.2, -0.15) is 0 Å². The van der Waals surface area contributed by atoms with Gasteiger partial charge in [0.25, 0.3) is 11.8 Å². The Kier molecular flexibility index (Phi) is 5.00. The lowest BCUT2D eigenvalue weighted by atomic mass is 10.1. The van der Waals surface area contributed by atoms with Gasteiger partial charge in [-0.25, -0.2) is 0 Å². The molecular formula is C15H16N2O4S. The number of anilines is 1. The van der Waals surface area contributed by atoms with Crippen LogP contribution in [0.3, 0.4) is 0 Å². The average molecular weight is 320 g/mol. The molecule has 0 aliphatic carbocycles. The molecule has 0 spiro atoms. The molecule has 2 aromatic rings. The Morgan fingerprint density at radius 3 is 2.23 bits per heavy atom. The first kappa shape index (κ1) is 15.8. The number of hydrogen-bond acceptors (Lipinski definition) is 5.